The highest BCUT2D eigenvalue weighted by Gasteiger charge is 2.35. The summed E-state index contributed by atoms with van der Waals surface area (Å²) >= 11 is 0. The number of nitrogens with zero attached hydrogens (tertiary/aromatic N) is 2. The third kappa shape index (κ3) is 7.30. The van der Waals surface area contributed by atoms with Gasteiger partial charge in [0, 0.05) is 18.2 Å². The van der Waals surface area contributed by atoms with Crippen LogP contribution in [0.4, 0.5) is 4.79 Å². The van der Waals surface area contributed by atoms with E-state index < -0.39 is 41.0 Å². The van der Waals surface area contributed by atoms with Gasteiger partial charge in [0.05, 0.1) is 18.7 Å². The van der Waals surface area contributed by atoms with Gasteiger partial charge in [0.15, 0.2) is 0 Å². The first kappa shape index (κ1) is 27.2. The van der Waals surface area contributed by atoms with Crippen LogP contribution >= 0.6 is 0 Å². The number of alkyl carbamates (subject to hydrolysis) is 1. The van der Waals surface area contributed by atoms with E-state index in [2.05, 4.69) is 5.32 Å². The molecule has 2 N–H and O–H groups in total. The Morgan fingerprint density at radius 3 is 2.47 bits per heavy atom. The van der Waals surface area contributed by atoms with Crippen LogP contribution in [0.3, 0.4) is 0 Å². The number of aliphatic carboxylic acids is 1. The first-order valence-electron chi connectivity index (χ1n) is 12.1. The van der Waals surface area contributed by atoms with Gasteiger partial charge in [0.2, 0.25) is 0 Å². The second-order valence-electron chi connectivity index (χ2n) is 10.3. The quantitative estimate of drug-likeness (QED) is 0.568. The molecule has 10 nitrogen and oxygen atoms in total. The van der Waals surface area contributed by atoms with Gasteiger partial charge in [-0.05, 0) is 58.4 Å². The SMILES string of the molecule is Cc1cn([C@H]2CC[C@H](CC(=O)O)C[C@@H]2NC(=O)OC(C)(C)C)c(=O)n(COCc2ccccc2)c1=O. The van der Waals surface area contributed by atoms with E-state index >= 15 is 0 Å². The summed E-state index contributed by atoms with van der Waals surface area (Å²) in [6.07, 6.45) is 2.23. The second-order valence-corrected chi connectivity index (χ2v) is 10.3. The molecule has 1 aliphatic carbocycles. The molecule has 3 rings (SSSR count). The highest BCUT2D eigenvalue weighted by atomic mass is 16.6. The van der Waals surface area contributed by atoms with E-state index in [1.807, 2.05) is 30.3 Å². The van der Waals surface area contributed by atoms with Crippen molar-refractivity contribution in [2.45, 2.75) is 84.4 Å². The topological polar surface area (TPSA) is 129 Å². The van der Waals surface area contributed by atoms with E-state index in [0.717, 1.165) is 10.1 Å². The van der Waals surface area contributed by atoms with Crippen molar-refractivity contribution < 1.29 is 24.2 Å². The second kappa shape index (κ2) is 11.6. The largest absolute Gasteiger partial charge is 0.481 e. The van der Waals surface area contributed by atoms with Gasteiger partial charge in [-0.2, -0.15) is 0 Å². The van der Waals surface area contributed by atoms with E-state index in [-0.39, 0.29) is 25.7 Å². The minimum absolute atomic E-state index is 0.0278. The van der Waals surface area contributed by atoms with Gasteiger partial charge in [0.25, 0.3) is 5.56 Å². The number of rotatable bonds is 8. The van der Waals surface area contributed by atoms with Gasteiger partial charge in [0.1, 0.15) is 12.3 Å². The van der Waals surface area contributed by atoms with Crippen molar-refractivity contribution in [3.05, 3.63) is 68.5 Å². The van der Waals surface area contributed by atoms with Gasteiger partial charge in [-0.25, -0.2) is 14.2 Å². The molecule has 36 heavy (non-hydrogen) atoms. The molecule has 2 aromatic rings. The molecular formula is C26H35N3O7. The van der Waals surface area contributed by atoms with Gasteiger partial charge >= 0.3 is 17.8 Å². The monoisotopic (exact) mass is 501 g/mol. The fourth-order valence-corrected chi connectivity index (χ4v) is 4.56. The van der Waals surface area contributed by atoms with Gasteiger partial charge in [-0.1, -0.05) is 30.3 Å². The number of ether oxygens (including phenoxy) is 2. The Kier molecular flexibility index (Phi) is 8.73. The highest BCUT2D eigenvalue weighted by molar-refractivity contribution is 5.68. The van der Waals surface area contributed by atoms with Crippen molar-refractivity contribution in [2.75, 3.05) is 0 Å². The van der Waals surface area contributed by atoms with Crippen molar-refractivity contribution in [3.63, 3.8) is 0 Å². The lowest BCUT2D eigenvalue weighted by atomic mass is 9.80. The molecular weight excluding hydrogens is 466 g/mol. The normalized spacial score (nSPS) is 20.1. The number of nitrogens with one attached hydrogen (secondary N) is 1. The van der Waals surface area contributed by atoms with Crippen molar-refractivity contribution >= 4 is 12.1 Å². The van der Waals surface area contributed by atoms with Crippen molar-refractivity contribution in [3.8, 4) is 0 Å². The maximum atomic E-state index is 13.4. The van der Waals surface area contributed by atoms with Crippen LogP contribution in [0.15, 0.2) is 46.1 Å². The lowest BCUT2D eigenvalue weighted by Gasteiger charge is -2.37. The van der Waals surface area contributed by atoms with Crippen LogP contribution in [0.1, 0.15) is 63.6 Å². The van der Waals surface area contributed by atoms with E-state index in [0.29, 0.717) is 24.8 Å². The number of hydrogen-bond acceptors (Lipinski definition) is 6. The zero-order chi connectivity index (χ0) is 26.5. The Morgan fingerprint density at radius 1 is 1.14 bits per heavy atom. The Bertz CT molecular complexity index is 1180. The smallest absolute Gasteiger partial charge is 0.407 e. The molecule has 1 saturated carbocycles. The molecule has 0 bridgehead atoms. The number of carboxylic acids is 1. The minimum Gasteiger partial charge on any atom is -0.481 e. The number of aromatic nitrogens is 2. The van der Waals surface area contributed by atoms with E-state index in [1.54, 1.807) is 27.7 Å². The molecule has 1 amide bonds. The summed E-state index contributed by atoms with van der Waals surface area (Å²) in [5.41, 5.74) is -0.429. The van der Waals surface area contributed by atoms with E-state index in [9.17, 15) is 24.3 Å². The zero-order valence-corrected chi connectivity index (χ0v) is 21.2. The molecule has 0 unspecified atom stereocenters. The molecule has 0 radical (unpaired) electrons. The Hall–Kier alpha value is -3.40. The maximum Gasteiger partial charge on any atom is 0.407 e. The number of amides is 1. The molecule has 10 heteroatoms. The molecule has 0 saturated heterocycles. The summed E-state index contributed by atoms with van der Waals surface area (Å²) in [5, 5.41) is 12.1. The molecule has 1 aromatic carbocycles. The Balaban J connectivity index is 1.87. The molecule has 1 aromatic heterocycles. The summed E-state index contributed by atoms with van der Waals surface area (Å²) in [5.74, 6) is -1.07. The summed E-state index contributed by atoms with van der Waals surface area (Å²) in [6.45, 7) is 6.89. The van der Waals surface area contributed by atoms with Crippen LogP contribution in [0.5, 0.6) is 0 Å². The molecule has 3 atom stereocenters. The number of carbonyl (C=O) groups is 2. The molecule has 1 fully saturated rings. The van der Waals surface area contributed by atoms with Crippen LogP contribution in [-0.2, 0) is 27.6 Å². The van der Waals surface area contributed by atoms with Crippen molar-refractivity contribution in [1.82, 2.24) is 14.5 Å². The van der Waals surface area contributed by atoms with Crippen LogP contribution in [0.2, 0.25) is 0 Å². The average Bonchev–Trinajstić information content (AvgIpc) is 2.78. The van der Waals surface area contributed by atoms with Crippen LogP contribution in [0.25, 0.3) is 0 Å². The lowest BCUT2D eigenvalue weighted by Crippen LogP contribution is -2.51. The highest BCUT2D eigenvalue weighted by Crippen LogP contribution is 2.34. The number of carbonyl (C=O) groups excluding carboxylic acids is 1. The van der Waals surface area contributed by atoms with Crippen molar-refractivity contribution in [1.29, 1.82) is 0 Å². The van der Waals surface area contributed by atoms with Crippen LogP contribution < -0.4 is 16.6 Å². The van der Waals surface area contributed by atoms with Crippen LogP contribution in [0, 0.1) is 12.8 Å². The third-order valence-corrected chi connectivity index (χ3v) is 6.14. The molecule has 1 heterocycles. The Morgan fingerprint density at radius 2 is 1.83 bits per heavy atom. The summed E-state index contributed by atoms with van der Waals surface area (Å²) in [6, 6.07) is 8.40. The standard InChI is InChI=1S/C26H35N3O7/c1-17-14-28(25(34)29(23(17)32)16-35-15-18-8-6-5-7-9-18)21-11-10-19(13-22(30)31)12-20(21)27-24(33)36-26(2,3)4/h5-9,14,19-21H,10-13,15-16H2,1-4H3,(H,27,33)(H,30,31)/t19-,20-,21-/m0/s1. The molecule has 1 aliphatic rings. The zero-order valence-electron chi connectivity index (χ0n) is 21.2. The number of aryl methyl sites for hydroxylation is 1. The third-order valence-electron chi connectivity index (χ3n) is 6.14. The first-order valence-corrected chi connectivity index (χ1v) is 12.1. The van der Waals surface area contributed by atoms with E-state index in [4.69, 9.17) is 9.47 Å². The van der Waals surface area contributed by atoms with E-state index in [1.165, 1.54) is 10.8 Å². The lowest BCUT2D eigenvalue weighted by molar-refractivity contribution is -0.138. The minimum atomic E-state index is -0.911. The summed E-state index contributed by atoms with van der Waals surface area (Å²) in [7, 11) is 0. The fraction of sp³-hybridized carbons (Fsp3) is 0.538. The first-order chi connectivity index (χ1) is 16.9. The Labute approximate surface area is 209 Å². The van der Waals surface area contributed by atoms with Gasteiger partial charge < -0.3 is 19.9 Å². The number of carboxylic acid groups (broad SMARTS) is 1. The maximum absolute atomic E-state index is 13.4. The molecule has 0 aliphatic heterocycles. The summed E-state index contributed by atoms with van der Waals surface area (Å²) < 4.78 is 13.6. The molecule has 0 spiro atoms. The predicted octanol–water partition coefficient (Wildman–Crippen LogP) is 3.20. The summed E-state index contributed by atoms with van der Waals surface area (Å²) in [4.78, 5) is 50.1. The fourth-order valence-electron chi connectivity index (χ4n) is 4.56. The van der Waals surface area contributed by atoms with Gasteiger partial charge in [-0.3, -0.25) is 14.2 Å². The average molecular weight is 502 g/mol. The molecule has 196 valence electrons. The predicted molar refractivity (Wildman–Crippen MR) is 133 cm³/mol. The number of benzene rings is 1. The van der Waals surface area contributed by atoms with Crippen molar-refractivity contribution in [2.24, 2.45) is 5.92 Å². The number of hydrogen-bond donors (Lipinski definition) is 2. The van der Waals surface area contributed by atoms with Gasteiger partial charge in [-0.15, -0.1) is 0 Å². The van der Waals surface area contributed by atoms with Crippen LogP contribution in [-0.4, -0.2) is 37.9 Å².